The van der Waals surface area contributed by atoms with Crippen LogP contribution in [0.2, 0.25) is 0 Å². The summed E-state index contributed by atoms with van der Waals surface area (Å²) in [5.74, 6) is 1.17. The largest absolute Gasteiger partial charge is 0.339 e. The average molecular weight is 442 g/mol. The summed E-state index contributed by atoms with van der Waals surface area (Å²) in [6.07, 6.45) is 4.24. The minimum atomic E-state index is -3.16. The molecule has 0 N–H and O–H groups in total. The lowest BCUT2D eigenvalue weighted by Crippen LogP contribution is -2.48. The van der Waals surface area contributed by atoms with Crippen molar-refractivity contribution < 1.29 is 17.7 Å². The zero-order valence-electron chi connectivity index (χ0n) is 17.1. The van der Waals surface area contributed by atoms with Crippen molar-refractivity contribution in [2.75, 3.05) is 32.4 Å². The van der Waals surface area contributed by atoms with Gasteiger partial charge in [0.25, 0.3) is 5.91 Å². The molecule has 31 heavy (non-hydrogen) atoms. The summed E-state index contributed by atoms with van der Waals surface area (Å²) in [6, 6.07) is 9.61. The highest BCUT2D eigenvalue weighted by molar-refractivity contribution is 7.88. The Morgan fingerprint density at radius 2 is 1.84 bits per heavy atom. The van der Waals surface area contributed by atoms with Crippen molar-refractivity contribution >= 4 is 26.7 Å². The first kappa shape index (κ1) is 20.1. The number of nitrogens with zero attached hydrogens (tertiary/aromatic N) is 5. The molecular formula is C21H23N5O4S. The van der Waals surface area contributed by atoms with Crippen LogP contribution >= 0.6 is 0 Å². The highest BCUT2D eigenvalue weighted by Gasteiger charge is 2.38. The molecular weight excluding hydrogens is 418 g/mol. The van der Waals surface area contributed by atoms with Crippen LogP contribution in [0.15, 0.2) is 41.1 Å². The number of amides is 1. The molecule has 3 aromatic rings. The van der Waals surface area contributed by atoms with Crippen LogP contribution in [0.1, 0.15) is 46.9 Å². The SMILES string of the molecule is CS(=O)(=O)N1CCC(c2noc(C3CN(C(=O)c4nccc5ccccc45)C3)n2)CC1. The molecule has 2 aliphatic rings. The first-order valence-electron chi connectivity index (χ1n) is 10.3. The predicted molar refractivity (Wildman–Crippen MR) is 113 cm³/mol. The number of piperidine rings is 1. The van der Waals surface area contributed by atoms with E-state index in [0.29, 0.717) is 56.4 Å². The molecule has 2 aromatic heterocycles. The molecule has 0 bridgehead atoms. The van der Waals surface area contributed by atoms with Crippen molar-refractivity contribution in [1.82, 2.24) is 24.3 Å². The van der Waals surface area contributed by atoms with Gasteiger partial charge >= 0.3 is 0 Å². The van der Waals surface area contributed by atoms with Crippen molar-refractivity contribution in [2.45, 2.75) is 24.7 Å². The zero-order chi connectivity index (χ0) is 21.6. The Bertz CT molecular complexity index is 1220. The second-order valence-electron chi connectivity index (χ2n) is 8.21. The second-order valence-corrected chi connectivity index (χ2v) is 10.2. The Hall–Kier alpha value is -2.85. The number of sulfonamides is 1. The fourth-order valence-electron chi connectivity index (χ4n) is 4.26. The number of rotatable bonds is 4. The molecule has 162 valence electrons. The van der Waals surface area contributed by atoms with Gasteiger partial charge in [0, 0.05) is 43.7 Å². The predicted octanol–water partition coefficient (Wildman–Crippen LogP) is 2.00. The molecule has 0 aliphatic carbocycles. The average Bonchev–Trinajstić information content (AvgIpc) is 3.21. The number of aromatic nitrogens is 3. The molecule has 0 radical (unpaired) electrons. The number of likely N-dealkylation sites (tertiary alicyclic amines) is 1. The lowest BCUT2D eigenvalue weighted by atomic mass is 9.96. The van der Waals surface area contributed by atoms with Crippen molar-refractivity contribution in [3.05, 3.63) is 53.9 Å². The van der Waals surface area contributed by atoms with Crippen LogP contribution in [0.25, 0.3) is 10.8 Å². The summed E-state index contributed by atoms with van der Waals surface area (Å²) in [5, 5.41) is 5.96. The van der Waals surface area contributed by atoms with E-state index in [4.69, 9.17) is 4.52 Å². The van der Waals surface area contributed by atoms with Gasteiger partial charge in [-0.3, -0.25) is 9.78 Å². The molecule has 0 unspecified atom stereocenters. The Kier molecular flexibility index (Phi) is 4.98. The first-order valence-corrected chi connectivity index (χ1v) is 12.2. The molecule has 1 aromatic carbocycles. The summed E-state index contributed by atoms with van der Waals surface area (Å²) in [5.41, 5.74) is 0.459. The third-order valence-corrected chi connectivity index (χ3v) is 7.44. The van der Waals surface area contributed by atoms with Crippen LogP contribution in [0.5, 0.6) is 0 Å². The van der Waals surface area contributed by atoms with Crippen LogP contribution in [0.3, 0.4) is 0 Å². The van der Waals surface area contributed by atoms with Crippen molar-refractivity contribution in [2.24, 2.45) is 0 Å². The third-order valence-electron chi connectivity index (χ3n) is 6.14. The van der Waals surface area contributed by atoms with E-state index in [1.165, 1.54) is 10.6 Å². The highest BCUT2D eigenvalue weighted by Crippen LogP contribution is 2.32. The Labute approximate surface area is 180 Å². The molecule has 0 spiro atoms. The smallest absolute Gasteiger partial charge is 0.273 e. The highest BCUT2D eigenvalue weighted by atomic mass is 32.2. The van der Waals surface area contributed by atoms with Gasteiger partial charge in [-0.05, 0) is 24.3 Å². The fourth-order valence-corrected chi connectivity index (χ4v) is 5.14. The minimum Gasteiger partial charge on any atom is -0.339 e. The normalized spacial score (nSPS) is 18.9. The van der Waals surface area contributed by atoms with Gasteiger partial charge in [0.05, 0.1) is 12.2 Å². The first-order chi connectivity index (χ1) is 14.9. The lowest BCUT2D eigenvalue weighted by Gasteiger charge is -2.37. The van der Waals surface area contributed by atoms with Crippen LogP contribution in [-0.4, -0.2) is 71.1 Å². The van der Waals surface area contributed by atoms with E-state index >= 15 is 0 Å². The monoisotopic (exact) mass is 441 g/mol. The van der Waals surface area contributed by atoms with Crippen molar-refractivity contribution in [1.29, 1.82) is 0 Å². The summed E-state index contributed by atoms with van der Waals surface area (Å²) in [6.45, 7) is 1.96. The van der Waals surface area contributed by atoms with Crippen LogP contribution in [0.4, 0.5) is 0 Å². The van der Waals surface area contributed by atoms with E-state index < -0.39 is 10.0 Å². The number of carbonyl (C=O) groups is 1. The molecule has 0 atom stereocenters. The zero-order valence-corrected chi connectivity index (χ0v) is 18.0. The molecule has 9 nitrogen and oxygen atoms in total. The Balaban J connectivity index is 1.22. The second kappa shape index (κ2) is 7.69. The fraction of sp³-hybridized carbons (Fsp3) is 0.429. The van der Waals surface area contributed by atoms with E-state index in [2.05, 4.69) is 15.1 Å². The summed E-state index contributed by atoms with van der Waals surface area (Å²) < 4.78 is 30.3. The van der Waals surface area contributed by atoms with Gasteiger partial charge in [0.15, 0.2) is 5.82 Å². The molecule has 0 saturated carbocycles. The van der Waals surface area contributed by atoms with Crippen molar-refractivity contribution in [3.63, 3.8) is 0 Å². The van der Waals surface area contributed by atoms with Crippen LogP contribution in [0, 0.1) is 0 Å². The van der Waals surface area contributed by atoms with Gasteiger partial charge in [-0.15, -0.1) is 0 Å². The lowest BCUT2D eigenvalue weighted by molar-refractivity contribution is 0.0565. The van der Waals surface area contributed by atoms with Gasteiger partial charge in [-0.1, -0.05) is 29.4 Å². The van der Waals surface area contributed by atoms with E-state index in [1.54, 1.807) is 11.1 Å². The van der Waals surface area contributed by atoms with E-state index in [9.17, 15) is 13.2 Å². The van der Waals surface area contributed by atoms with Gasteiger partial charge < -0.3 is 9.42 Å². The topological polar surface area (TPSA) is 110 Å². The maximum Gasteiger partial charge on any atom is 0.273 e. The number of fused-ring (bicyclic) bond motifs is 1. The standard InChI is InChI=1S/C21H23N5O4S/c1-31(28,29)26-10-7-15(8-11-26)19-23-20(30-24-19)16-12-25(13-16)21(27)18-17-5-3-2-4-14(17)6-9-22-18/h2-6,9,15-16H,7-8,10-13H2,1H3. The number of hydrogen-bond donors (Lipinski definition) is 0. The van der Waals surface area contributed by atoms with E-state index in [1.807, 2.05) is 30.3 Å². The number of carbonyl (C=O) groups excluding carboxylic acids is 1. The molecule has 2 saturated heterocycles. The van der Waals surface area contributed by atoms with Crippen LogP contribution < -0.4 is 0 Å². The van der Waals surface area contributed by atoms with Gasteiger partial charge in [-0.2, -0.15) is 4.98 Å². The molecule has 4 heterocycles. The maximum atomic E-state index is 12.9. The van der Waals surface area contributed by atoms with Crippen LogP contribution in [-0.2, 0) is 10.0 Å². The number of pyridine rings is 1. The van der Waals surface area contributed by atoms with Gasteiger partial charge in [-0.25, -0.2) is 12.7 Å². The minimum absolute atomic E-state index is 0.0104. The van der Waals surface area contributed by atoms with E-state index in [0.717, 1.165) is 10.8 Å². The quantitative estimate of drug-likeness (QED) is 0.609. The summed E-state index contributed by atoms with van der Waals surface area (Å²) in [4.78, 5) is 23.5. The molecule has 2 fully saturated rings. The molecule has 2 aliphatic heterocycles. The van der Waals surface area contributed by atoms with Crippen molar-refractivity contribution in [3.8, 4) is 0 Å². The molecule has 1 amide bonds. The maximum absolute atomic E-state index is 12.9. The summed E-state index contributed by atoms with van der Waals surface area (Å²) in [7, 11) is -3.16. The molecule has 5 rings (SSSR count). The Morgan fingerprint density at radius 3 is 2.58 bits per heavy atom. The van der Waals surface area contributed by atoms with E-state index in [-0.39, 0.29) is 17.7 Å². The van der Waals surface area contributed by atoms with Gasteiger partial charge in [0.1, 0.15) is 5.69 Å². The number of benzene rings is 1. The Morgan fingerprint density at radius 1 is 1.10 bits per heavy atom. The third kappa shape index (κ3) is 3.81. The van der Waals surface area contributed by atoms with Gasteiger partial charge in [0.2, 0.25) is 15.9 Å². The number of hydrogen-bond acceptors (Lipinski definition) is 7. The summed E-state index contributed by atoms with van der Waals surface area (Å²) >= 11 is 0. The molecule has 10 heteroatoms.